The summed E-state index contributed by atoms with van der Waals surface area (Å²) in [5, 5.41) is 0. The van der Waals surface area contributed by atoms with Crippen LogP contribution in [-0.4, -0.2) is 24.2 Å². The van der Waals surface area contributed by atoms with Crippen LogP contribution in [0, 0.1) is 0 Å². The third-order valence-corrected chi connectivity index (χ3v) is 1.72. The van der Waals surface area contributed by atoms with Gasteiger partial charge in [-0.2, -0.15) is 0 Å². The van der Waals surface area contributed by atoms with Crippen molar-refractivity contribution in [3.63, 3.8) is 0 Å². The van der Waals surface area contributed by atoms with Crippen LogP contribution in [0.3, 0.4) is 0 Å². The summed E-state index contributed by atoms with van der Waals surface area (Å²) in [6.45, 7) is 0. The fraction of sp³-hybridized carbons (Fsp3) is 0.167. The Morgan fingerprint density at radius 1 is 0.875 bits per heavy atom. The van der Waals surface area contributed by atoms with Crippen molar-refractivity contribution in [2.24, 2.45) is 0 Å². The van der Waals surface area contributed by atoms with Crippen LogP contribution in [0.4, 0.5) is 0 Å². The molecule has 0 unspecified atom stereocenters. The molecule has 0 bridgehead atoms. The molecule has 0 saturated carbocycles. The summed E-state index contributed by atoms with van der Waals surface area (Å²) in [5.74, 6) is 1.18. The van der Waals surface area contributed by atoms with Crippen LogP contribution in [0.15, 0.2) is 48.9 Å². The van der Waals surface area contributed by atoms with Gasteiger partial charge in [-0.25, -0.2) is 4.98 Å². The number of aromatic nitrogens is 2. The van der Waals surface area contributed by atoms with Crippen LogP contribution in [-0.2, 0) is 0 Å². The highest BCUT2D eigenvalue weighted by Gasteiger charge is 1.99. The Kier molecular flexibility index (Phi) is 5.41. The number of hydrogen-bond acceptors (Lipinski definition) is 4. The highest BCUT2D eigenvalue weighted by atomic mass is 16.5. The van der Waals surface area contributed by atoms with E-state index in [2.05, 4.69) is 9.97 Å². The first-order valence-corrected chi connectivity index (χ1v) is 4.76. The van der Waals surface area contributed by atoms with Gasteiger partial charge in [-0.05, 0) is 24.3 Å². The van der Waals surface area contributed by atoms with Gasteiger partial charge >= 0.3 is 0 Å². The molecule has 0 aliphatic rings. The zero-order valence-corrected chi connectivity index (χ0v) is 9.33. The van der Waals surface area contributed by atoms with E-state index in [0.717, 1.165) is 0 Å². The zero-order chi connectivity index (χ0) is 11.6. The molecule has 0 spiro atoms. The number of methoxy groups -OCH3 is 2. The lowest BCUT2D eigenvalue weighted by Crippen LogP contribution is -1.91. The second-order valence-electron chi connectivity index (χ2n) is 2.74. The fourth-order valence-electron chi connectivity index (χ4n) is 0.997. The highest BCUT2D eigenvalue weighted by Crippen LogP contribution is 2.21. The maximum Gasteiger partial charge on any atom is 0.256 e. The molecule has 2 rings (SSSR count). The molecule has 0 fully saturated rings. The van der Waals surface area contributed by atoms with E-state index in [1.54, 1.807) is 44.9 Å². The smallest absolute Gasteiger partial charge is 0.256 e. The molecule has 4 nitrogen and oxygen atoms in total. The van der Waals surface area contributed by atoms with Gasteiger partial charge < -0.3 is 9.47 Å². The van der Waals surface area contributed by atoms with E-state index in [1.165, 1.54) is 0 Å². The van der Waals surface area contributed by atoms with Crippen LogP contribution in [0.5, 0.6) is 11.6 Å². The Balaban J connectivity index is 0.000000181. The van der Waals surface area contributed by atoms with Crippen LogP contribution < -0.4 is 9.47 Å². The monoisotopic (exact) mass is 218 g/mol. The van der Waals surface area contributed by atoms with E-state index >= 15 is 0 Å². The van der Waals surface area contributed by atoms with E-state index < -0.39 is 0 Å². The van der Waals surface area contributed by atoms with Crippen molar-refractivity contribution in [2.75, 3.05) is 14.2 Å². The van der Waals surface area contributed by atoms with Crippen molar-refractivity contribution in [1.82, 2.24) is 9.97 Å². The molecular formula is C12H14N2O2. The summed E-state index contributed by atoms with van der Waals surface area (Å²) in [7, 11) is 3.14. The summed E-state index contributed by atoms with van der Waals surface area (Å²) in [6, 6.07) is 9.31. The van der Waals surface area contributed by atoms with Crippen LogP contribution >= 0.6 is 0 Å². The molecule has 0 saturated heterocycles. The summed E-state index contributed by atoms with van der Waals surface area (Å²) in [4.78, 5) is 7.71. The highest BCUT2D eigenvalue weighted by molar-refractivity contribution is 5.31. The summed E-state index contributed by atoms with van der Waals surface area (Å²) in [6.07, 6.45) is 5.15. The second kappa shape index (κ2) is 7.23. The molecule has 0 aliphatic heterocycles. The molecule has 16 heavy (non-hydrogen) atoms. The van der Waals surface area contributed by atoms with Gasteiger partial charge in [-0.15, -0.1) is 0 Å². The Bertz CT molecular complexity index is 344. The van der Waals surface area contributed by atoms with Gasteiger partial charge in [-0.1, -0.05) is 6.07 Å². The standard InChI is InChI=1S/C7H9NO2.C5H5N/c1-9-6-4-3-5-8-7(6)10-2;1-2-4-6-5-3-1/h3-5H,1-2H3;1-5H. The van der Waals surface area contributed by atoms with Crippen molar-refractivity contribution >= 4 is 0 Å². The SMILES string of the molecule is COc1cccnc1OC.c1ccncc1. The molecule has 84 valence electrons. The van der Waals surface area contributed by atoms with Crippen molar-refractivity contribution < 1.29 is 9.47 Å². The Hall–Kier alpha value is -2.10. The molecule has 0 aliphatic carbocycles. The number of ether oxygens (including phenoxy) is 2. The van der Waals surface area contributed by atoms with Crippen LogP contribution in [0.2, 0.25) is 0 Å². The van der Waals surface area contributed by atoms with Gasteiger partial charge in [-0.3, -0.25) is 4.98 Å². The Morgan fingerprint density at radius 2 is 1.62 bits per heavy atom. The molecule has 0 amide bonds. The lowest BCUT2D eigenvalue weighted by molar-refractivity contribution is 0.343. The quantitative estimate of drug-likeness (QED) is 0.775. The van der Waals surface area contributed by atoms with Crippen LogP contribution in [0.1, 0.15) is 0 Å². The summed E-state index contributed by atoms with van der Waals surface area (Å²) < 4.78 is 9.85. The van der Waals surface area contributed by atoms with Crippen LogP contribution in [0.25, 0.3) is 0 Å². The minimum Gasteiger partial charge on any atom is -0.491 e. The normalized spacial score (nSPS) is 8.62. The minimum atomic E-state index is 0.519. The molecule has 0 radical (unpaired) electrons. The third-order valence-electron chi connectivity index (χ3n) is 1.72. The van der Waals surface area contributed by atoms with Crippen molar-refractivity contribution in [3.8, 4) is 11.6 Å². The van der Waals surface area contributed by atoms with Crippen molar-refractivity contribution in [1.29, 1.82) is 0 Å². The average Bonchev–Trinajstić information content (AvgIpc) is 2.41. The number of pyridine rings is 2. The van der Waals surface area contributed by atoms with E-state index in [4.69, 9.17) is 9.47 Å². The number of rotatable bonds is 2. The van der Waals surface area contributed by atoms with Gasteiger partial charge in [0, 0.05) is 18.6 Å². The van der Waals surface area contributed by atoms with Crippen molar-refractivity contribution in [2.45, 2.75) is 0 Å². The molecule has 4 heteroatoms. The topological polar surface area (TPSA) is 44.2 Å². The average molecular weight is 218 g/mol. The molecular weight excluding hydrogens is 204 g/mol. The lowest BCUT2D eigenvalue weighted by atomic mass is 10.4. The predicted octanol–water partition coefficient (Wildman–Crippen LogP) is 2.18. The molecule has 0 N–H and O–H groups in total. The van der Waals surface area contributed by atoms with E-state index in [1.807, 2.05) is 18.2 Å². The second-order valence-corrected chi connectivity index (χ2v) is 2.74. The lowest BCUT2D eigenvalue weighted by Gasteiger charge is -2.03. The predicted molar refractivity (Wildman–Crippen MR) is 61.6 cm³/mol. The van der Waals surface area contributed by atoms with Crippen molar-refractivity contribution in [3.05, 3.63) is 48.9 Å². The maximum absolute atomic E-state index is 4.95. The largest absolute Gasteiger partial charge is 0.491 e. The minimum absolute atomic E-state index is 0.519. The van der Waals surface area contributed by atoms with E-state index in [-0.39, 0.29) is 0 Å². The van der Waals surface area contributed by atoms with E-state index in [9.17, 15) is 0 Å². The first-order valence-electron chi connectivity index (χ1n) is 4.76. The third kappa shape index (κ3) is 3.96. The number of hydrogen-bond donors (Lipinski definition) is 0. The maximum atomic E-state index is 4.95. The first-order chi connectivity index (χ1) is 7.88. The Morgan fingerprint density at radius 3 is 2.00 bits per heavy atom. The molecule has 2 heterocycles. The van der Waals surface area contributed by atoms with Gasteiger partial charge in [0.25, 0.3) is 5.88 Å². The van der Waals surface area contributed by atoms with Gasteiger partial charge in [0.2, 0.25) is 0 Å². The fourth-order valence-corrected chi connectivity index (χ4v) is 0.997. The van der Waals surface area contributed by atoms with Gasteiger partial charge in [0.1, 0.15) is 0 Å². The Labute approximate surface area is 94.9 Å². The van der Waals surface area contributed by atoms with Gasteiger partial charge in [0.15, 0.2) is 5.75 Å². The summed E-state index contributed by atoms with van der Waals surface area (Å²) in [5.41, 5.74) is 0. The molecule has 0 atom stereocenters. The molecule has 0 aromatic carbocycles. The molecule has 2 aromatic heterocycles. The summed E-state index contributed by atoms with van der Waals surface area (Å²) >= 11 is 0. The first kappa shape index (κ1) is 12.0. The number of nitrogens with zero attached hydrogens (tertiary/aromatic N) is 2. The van der Waals surface area contributed by atoms with E-state index in [0.29, 0.717) is 11.6 Å². The van der Waals surface area contributed by atoms with Gasteiger partial charge in [0.05, 0.1) is 14.2 Å². The molecule has 2 aromatic rings. The zero-order valence-electron chi connectivity index (χ0n) is 9.33.